The third kappa shape index (κ3) is 5.54. The highest BCUT2D eigenvalue weighted by atomic mass is 35.5. The molecule has 2 aromatic carbocycles. The van der Waals surface area contributed by atoms with Gasteiger partial charge in [-0.05, 0) is 68.6 Å². The Morgan fingerprint density at radius 2 is 1.79 bits per heavy atom. The molecule has 0 saturated carbocycles. The molecule has 0 unspecified atom stereocenters. The first kappa shape index (κ1) is 22.2. The van der Waals surface area contributed by atoms with Gasteiger partial charge >= 0.3 is 5.97 Å². The molecular formula is C21H21Cl3FNO3. The Bertz CT molecular complexity index is 881. The van der Waals surface area contributed by atoms with Gasteiger partial charge in [-0.15, -0.1) is 0 Å². The Morgan fingerprint density at radius 1 is 1.17 bits per heavy atom. The standard InChI is InChI=1S/C21H21Cl3FNO3/c1-12(14-6-15(22)8-16(23)7-14)26-4-2-13(3-5-26)11-29-20-10-19(25)17(21(27)28)9-18(20)24/h6-10,12-13H,2-5,11H2,1H3,(H,27,28)/t12-/m1/s1. The Kier molecular flexibility index (Phi) is 7.28. The minimum atomic E-state index is -1.36. The second-order valence-corrected chi connectivity index (χ2v) is 8.52. The molecule has 4 nitrogen and oxygen atoms in total. The van der Waals surface area contributed by atoms with Gasteiger partial charge in [-0.1, -0.05) is 34.8 Å². The number of halogens is 4. The smallest absolute Gasteiger partial charge is 0.338 e. The number of piperidine rings is 1. The predicted octanol–water partition coefficient (Wildman–Crippen LogP) is 6.34. The van der Waals surface area contributed by atoms with Crippen molar-refractivity contribution in [1.29, 1.82) is 0 Å². The van der Waals surface area contributed by atoms with Gasteiger partial charge in [0, 0.05) is 22.2 Å². The number of carboxylic acids is 1. The summed E-state index contributed by atoms with van der Waals surface area (Å²) in [5.41, 5.74) is 0.615. The number of ether oxygens (including phenoxy) is 1. The van der Waals surface area contributed by atoms with Crippen molar-refractivity contribution in [2.24, 2.45) is 5.92 Å². The van der Waals surface area contributed by atoms with Crippen LogP contribution in [0.1, 0.15) is 41.7 Å². The quantitative estimate of drug-likeness (QED) is 0.547. The van der Waals surface area contributed by atoms with Crippen molar-refractivity contribution in [3.05, 3.63) is 62.3 Å². The fraction of sp³-hybridized carbons (Fsp3) is 0.381. The Morgan fingerprint density at radius 3 is 2.38 bits per heavy atom. The van der Waals surface area contributed by atoms with Crippen LogP contribution in [0.15, 0.2) is 30.3 Å². The van der Waals surface area contributed by atoms with Crippen molar-refractivity contribution in [1.82, 2.24) is 4.90 Å². The number of aromatic carboxylic acids is 1. The van der Waals surface area contributed by atoms with Gasteiger partial charge in [-0.2, -0.15) is 0 Å². The molecule has 0 bridgehead atoms. The Labute approximate surface area is 184 Å². The third-order valence-electron chi connectivity index (χ3n) is 5.29. The first-order valence-corrected chi connectivity index (χ1v) is 10.4. The van der Waals surface area contributed by atoms with Crippen molar-refractivity contribution in [2.75, 3.05) is 19.7 Å². The van der Waals surface area contributed by atoms with Gasteiger partial charge < -0.3 is 9.84 Å². The number of carbonyl (C=O) groups is 1. The summed E-state index contributed by atoms with van der Waals surface area (Å²) in [5, 5.41) is 10.3. The fourth-order valence-electron chi connectivity index (χ4n) is 3.54. The molecule has 29 heavy (non-hydrogen) atoms. The van der Waals surface area contributed by atoms with E-state index in [0.29, 0.717) is 22.6 Å². The van der Waals surface area contributed by atoms with Crippen LogP contribution in [0.4, 0.5) is 4.39 Å². The lowest BCUT2D eigenvalue weighted by Gasteiger charge is -2.36. The van der Waals surface area contributed by atoms with E-state index in [1.54, 1.807) is 6.07 Å². The van der Waals surface area contributed by atoms with Crippen LogP contribution >= 0.6 is 34.8 Å². The minimum Gasteiger partial charge on any atom is -0.492 e. The summed E-state index contributed by atoms with van der Waals surface area (Å²) in [5.74, 6) is -1.75. The highest BCUT2D eigenvalue weighted by Crippen LogP contribution is 2.32. The zero-order valence-corrected chi connectivity index (χ0v) is 18.1. The van der Waals surface area contributed by atoms with E-state index in [4.69, 9.17) is 44.6 Å². The molecule has 0 aromatic heterocycles. The van der Waals surface area contributed by atoms with Crippen molar-refractivity contribution >= 4 is 40.8 Å². The average molecular weight is 461 g/mol. The van der Waals surface area contributed by atoms with Crippen molar-refractivity contribution in [3.8, 4) is 5.75 Å². The average Bonchev–Trinajstić information content (AvgIpc) is 2.67. The number of rotatable bonds is 6. The lowest BCUT2D eigenvalue weighted by molar-refractivity contribution is 0.0691. The second kappa shape index (κ2) is 9.52. The lowest BCUT2D eigenvalue weighted by Crippen LogP contribution is -2.37. The van der Waals surface area contributed by atoms with E-state index in [0.717, 1.165) is 43.6 Å². The van der Waals surface area contributed by atoms with Crippen LogP contribution in [0.5, 0.6) is 5.75 Å². The molecule has 8 heteroatoms. The summed E-state index contributed by atoms with van der Waals surface area (Å²) in [6.07, 6.45) is 1.85. The molecule has 1 heterocycles. The number of hydrogen-bond acceptors (Lipinski definition) is 3. The number of nitrogens with zero attached hydrogens (tertiary/aromatic N) is 1. The van der Waals surface area contributed by atoms with Gasteiger partial charge in [0.15, 0.2) is 0 Å². The zero-order chi connectivity index (χ0) is 21.1. The maximum atomic E-state index is 13.9. The molecule has 0 amide bonds. The molecule has 2 aromatic rings. The molecule has 1 saturated heterocycles. The van der Waals surface area contributed by atoms with E-state index in [1.807, 2.05) is 12.1 Å². The Balaban J connectivity index is 1.55. The van der Waals surface area contributed by atoms with E-state index < -0.39 is 17.3 Å². The minimum absolute atomic E-state index is 0.0905. The molecule has 3 rings (SSSR count). The molecule has 1 aliphatic rings. The van der Waals surface area contributed by atoms with E-state index in [1.165, 1.54) is 0 Å². The molecule has 1 N–H and O–H groups in total. The largest absolute Gasteiger partial charge is 0.492 e. The second-order valence-electron chi connectivity index (χ2n) is 7.24. The zero-order valence-electron chi connectivity index (χ0n) is 15.8. The number of hydrogen-bond donors (Lipinski definition) is 1. The summed E-state index contributed by atoms with van der Waals surface area (Å²) in [4.78, 5) is 13.3. The van der Waals surface area contributed by atoms with E-state index >= 15 is 0 Å². The van der Waals surface area contributed by atoms with Gasteiger partial charge in [-0.25, -0.2) is 9.18 Å². The molecule has 1 atom stereocenters. The van der Waals surface area contributed by atoms with Crippen LogP contribution in [0.3, 0.4) is 0 Å². The van der Waals surface area contributed by atoms with Gasteiger partial charge in [0.2, 0.25) is 0 Å². The van der Waals surface area contributed by atoms with Gasteiger partial charge in [0.05, 0.1) is 17.2 Å². The number of likely N-dealkylation sites (tertiary alicyclic amines) is 1. The highest BCUT2D eigenvalue weighted by Gasteiger charge is 2.25. The van der Waals surface area contributed by atoms with Crippen molar-refractivity contribution < 1.29 is 19.0 Å². The van der Waals surface area contributed by atoms with Crippen LogP contribution in [0, 0.1) is 11.7 Å². The van der Waals surface area contributed by atoms with Crippen LogP contribution in [0.25, 0.3) is 0 Å². The normalized spacial score (nSPS) is 16.6. The molecule has 0 radical (unpaired) electrons. The molecule has 1 aliphatic heterocycles. The molecule has 0 spiro atoms. The van der Waals surface area contributed by atoms with Gasteiger partial charge in [-0.3, -0.25) is 4.90 Å². The molecule has 1 fully saturated rings. The van der Waals surface area contributed by atoms with Gasteiger partial charge in [0.25, 0.3) is 0 Å². The third-order valence-corrected chi connectivity index (χ3v) is 6.02. The van der Waals surface area contributed by atoms with Crippen LogP contribution in [0.2, 0.25) is 15.1 Å². The van der Waals surface area contributed by atoms with Crippen LogP contribution < -0.4 is 4.74 Å². The fourth-order valence-corrected chi connectivity index (χ4v) is 4.31. The maximum Gasteiger partial charge on any atom is 0.338 e. The first-order valence-electron chi connectivity index (χ1n) is 9.29. The summed E-state index contributed by atoms with van der Waals surface area (Å²) in [7, 11) is 0. The number of benzene rings is 2. The molecule has 156 valence electrons. The summed E-state index contributed by atoms with van der Waals surface area (Å²) < 4.78 is 19.5. The summed E-state index contributed by atoms with van der Waals surface area (Å²) >= 11 is 18.3. The van der Waals surface area contributed by atoms with Crippen molar-refractivity contribution in [3.63, 3.8) is 0 Å². The lowest BCUT2D eigenvalue weighted by atomic mass is 9.95. The SMILES string of the molecule is C[C@H](c1cc(Cl)cc(Cl)c1)N1CCC(COc2cc(F)c(C(=O)O)cc2Cl)CC1. The monoisotopic (exact) mass is 459 g/mol. The van der Waals surface area contributed by atoms with E-state index in [9.17, 15) is 9.18 Å². The van der Waals surface area contributed by atoms with Crippen LogP contribution in [-0.2, 0) is 0 Å². The van der Waals surface area contributed by atoms with Gasteiger partial charge in [0.1, 0.15) is 11.6 Å². The summed E-state index contributed by atoms with van der Waals surface area (Å²) in [6.45, 7) is 4.31. The first-order chi connectivity index (χ1) is 13.7. The number of carboxylic acid groups (broad SMARTS) is 1. The topological polar surface area (TPSA) is 49.8 Å². The summed E-state index contributed by atoms with van der Waals surface area (Å²) in [6, 6.07) is 7.90. The maximum absolute atomic E-state index is 13.9. The molecule has 0 aliphatic carbocycles. The van der Waals surface area contributed by atoms with Crippen molar-refractivity contribution in [2.45, 2.75) is 25.8 Å². The predicted molar refractivity (Wildman–Crippen MR) is 113 cm³/mol. The van der Waals surface area contributed by atoms with E-state index in [2.05, 4.69) is 11.8 Å². The Hall–Kier alpha value is -1.53. The van der Waals surface area contributed by atoms with E-state index in [-0.39, 0.29) is 16.8 Å². The molecular weight excluding hydrogens is 440 g/mol. The highest BCUT2D eigenvalue weighted by molar-refractivity contribution is 6.34. The van der Waals surface area contributed by atoms with Crippen LogP contribution in [-0.4, -0.2) is 35.7 Å².